The van der Waals surface area contributed by atoms with Gasteiger partial charge in [0.05, 0.1) is 28.2 Å². The van der Waals surface area contributed by atoms with Crippen molar-refractivity contribution >= 4 is 32.2 Å². The fraction of sp³-hybridized carbons (Fsp3) is 0.263. The van der Waals surface area contributed by atoms with E-state index in [1.807, 2.05) is 38.1 Å². The molecule has 136 valence electrons. The molecule has 3 aromatic rings. The highest BCUT2D eigenvalue weighted by Gasteiger charge is 2.18. The number of hydrogen-bond acceptors (Lipinski definition) is 4. The van der Waals surface area contributed by atoms with Gasteiger partial charge in [0, 0.05) is 13.0 Å². The highest BCUT2D eigenvalue weighted by molar-refractivity contribution is 7.91. The van der Waals surface area contributed by atoms with E-state index in [-0.39, 0.29) is 23.0 Å². The number of carbonyl (C=O) groups excluding carboxylic acids is 1. The smallest absolute Gasteiger partial charge is 0.225 e. The van der Waals surface area contributed by atoms with E-state index in [0.717, 1.165) is 16.5 Å². The zero-order chi connectivity index (χ0) is 18.7. The average Bonchev–Trinajstić information content (AvgIpc) is 2.99. The Morgan fingerprint density at radius 1 is 1.15 bits per heavy atom. The van der Waals surface area contributed by atoms with Crippen molar-refractivity contribution in [3.05, 3.63) is 54.4 Å². The van der Waals surface area contributed by atoms with E-state index < -0.39 is 9.84 Å². The first-order valence-corrected chi connectivity index (χ1v) is 10.1. The summed E-state index contributed by atoms with van der Waals surface area (Å²) in [7, 11) is -3.53. The Bertz CT molecular complexity index is 1050. The third-order valence-corrected chi connectivity index (χ3v) is 6.07. The van der Waals surface area contributed by atoms with Crippen LogP contribution < -0.4 is 5.32 Å². The molecular weight excluding hydrogens is 350 g/mol. The van der Waals surface area contributed by atoms with Gasteiger partial charge >= 0.3 is 0 Å². The molecule has 6 nitrogen and oxygen atoms in total. The van der Waals surface area contributed by atoms with E-state index in [0.29, 0.717) is 12.2 Å². The average molecular weight is 371 g/mol. The van der Waals surface area contributed by atoms with Gasteiger partial charge in [0.1, 0.15) is 0 Å². The number of fused-ring (bicyclic) bond motifs is 1. The first-order chi connectivity index (χ1) is 12.4. The number of amides is 1. The van der Waals surface area contributed by atoms with Gasteiger partial charge in [0.25, 0.3) is 0 Å². The third kappa shape index (κ3) is 3.77. The lowest BCUT2D eigenvalue weighted by molar-refractivity contribution is -0.115. The summed E-state index contributed by atoms with van der Waals surface area (Å²) in [5.74, 6) is -0.578. The molecule has 0 unspecified atom stereocenters. The molecule has 1 heterocycles. The van der Waals surface area contributed by atoms with Crippen LogP contribution in [0.15, 0.2) is 53.6 Å². The quantitative estimate of drug-likeness (QED) is 0.722. The van der Waals surface area contributed by atoms with Crippen LogP contribution in [0.5, 0.6) is 0 Å². The van der Waals surface area contributed by atoms with Crippen molar-refractivity contribution in [1.29, 1.82) is 0 Å². The largest absolute Gasteiger partial charge is 0.323 e. The second kappa shape index (κ2) is 7.29. The number of benzene rings is 2. The second-order valence-corrected chi connectivity index (χ2v) is 8.19. The molecule has 2 aromatic carbocycles. The van der Waals surface area contributed by atoms with Crippen molar-refractivity contribution in [2.24, 2.45) is 0 Å². The summed E-state index contributed by atoms with van der Waals surface area (Å²) in [5.41, 5.74) is 1.46. The Hall–Kier alpha value is -2.67. The van der Waals surface area contributed by atoms with E-state index in [1.54, 1.807) is 29.1 Å². The van der Waals surface area contributed by atoms with E-state index in [2.05, 4.69) is 10.4 Å². The van der Waals surface area contributed by atoms with Crippen LogP contribution in [0.4, 0.5) is 5.69 Å². The van der Waals surface area contributed by atoms with E-state index in [9.17, 15) is 13.2 Å². The zero-order valence-electron chi connectivity index (χ0n) is 14.8. The fourth-order valence-electron chi connectivity index (χ4n) is 2.81. The Balaban J connectivity index is 1.68. The maximum atomic E-state index is 12.6. The van der Waals surface area contributed by atoms with Crippen molar-refractivity contribution in [2.75, 3.05) is 11.1 Å². The van der Waals surface area contributed by atoms with Crippen LogP contribution >= 0.6 is 0 Å². The maximum absolute atomic E-state index is 12.6. The molecular formula is C19H21N3O3S. The first kappa shape index (κ1) is 18.1. The SMILES string of the molecule is CCn1ncc(NC(=O)CCS(=O)(=O)c2ccc3ccccc3c2)c1C. The van der Waals surface area contributed by atoms with Crippen LogP contribution in [0.2, 0.25) is 0 Å². The number of hydrogen-bond donors (Lipinski definition) is 1. The summed E-state index contributed by atoms with van der Waals surface area (Å²) in [6.45, 7) is 4.53. The number of nitrogens with zero attached hydrogens (tertiary/aromatic N) is 2. The van der Waals surface area contributed by atoms with Gasteiger partial charge in [-0.15, -0.1) is 0 Å². The summed E-state index contributed by atoms with van der Waals surface area (Å²) < 4.78 is 26.9. The van der Waals surface area contributed by atoms with Crippen molar-refractivity contribution < 1.29 is 13.2 Å². The Labute approximate surface area is 152 Å². The lowest BCUT2D eigenvalue weighted by Gasteiger charge is -2.07. The third-order valence-electron chi connectivity index (χ3n) is 4.35. The number of anilines is 1. The van der Waals surface area contributed by atoms with Crippen molar-refractivity contribution in [1.82, 2.24) is 9.78 Å². The monoisotopic (exact) mass is 371 g/mol. The van der Waals surface area contributed by atoms with E-state index in [4.69, 9.17) is 0 Å². The minimum atomic E-state index is -3.53. The number of aryl methyl sites for hydroxylation is 1. The minimum absolute atomic E-state index is 0.105. The van der Waals surface area contributed by atoms with Gasteiger partial charge in [-0.05, 0) is 36.8 Å². The zero-order valence-corrected chi connectivity index (χ0v) is 15.6. The Morgan fingerprint density at radius 2 is 1.88 bits per heavy atom. The van der Waals surface area contributed by atoms with Gasteiger partial charge in [-0.3, -0.25) is 9.48 Å². The van der Waals surface area contributed by atoms with Crippen LogP contribution in [-0.2, 0) is 21.2 Å². The number of carbonyl (C=O) groups is 1. The highest BCUT2D eigenvalue weighted by Crippen LogP contribution is 2.20. The number of nitrogens with one attached hydrogen (secondary N) is 1. The molecule has 0 aliphatic carbocycles. The second-order valence-electron chi connectivity index (χ2n) is 6.09. The van der Waals surface area contributed by atoms with Crippen molar-refractivity contribution in [3.63, 3.8) is 0 Å². The molecule has 1 amide bonds. The minimum Gasteiger partial charge on any atom is -0.323 e. The van der Waals surface area contributed by atoms with E-state index in [1.165, 1.54) is 0 Å². The van der Waals surface area contributed by atoms with Crippen molar-refractivity contribution in [3.8, 4) is 0 Å². The molecule has 0 fully saturated rings. The Kier molecular flexibility index (Phi) is 5.08. The summed E-state index contributed by atoms with van der Waals surface area (Å²) >= 11 is 0. The summed E-state index contributed by atoms with van der Waals surface area (Å²) in [4.78, 5) is 12.4. The van der Waals surface area contributed by atoms with Gasteiger partial charge in [-0.2, -0.15) is 5.10 Å². The molecule has 0 spiro atoms. The van der Waals surface area contributed by atoms with Gasteiger partial charge in [0.2, 0.25) is 5.91 Å². The number of sulfone groups is 1. The van der Waals surface area contributed by atoms with E-state index >= 15 is 0 Å². The van der Waals surface area contributed by atoms with Gasteiger partial charge < -0.3 is 5.32 Å². The highest BCUT2D eigenvalue weighted by atomic mass is 32.2. The molecule has 0 bridgehead atoms. The summed E-state index contributed by atoms with van der Waals surface area (Å²) in [6.07, 6.45) is 1.47. The normalized spacial score (nSPS) is 11.6. The summed E-state index contributed by atoms with van der Waals surface area (Å²) in [6, 6.07) is 12.6. The van der Waals surface area contributed by atoms with Gasteiger partial charge in [0.15, 0.2) is 9.84 Å². The molecule has 3 rings (SSSR count). The first-order valence-electron chi connectivity index (χ1n) is 8.44. The van der Waals surface area contributed by atoms with Crippen LogP contribution in [0, 0.1) is 6.92 Å². The molecule has 0 atom stereocenters. The lowest BCUT2D eigenvalue weighted by Crippen LogP contribution is -2.17. The maximum Gasteiger partial charge on any atom is 0.225 e. The fourth-order valence-corrected chi connectivity index (χ4v) is 4.08. The van der Waals surface area contributed by atoms with Crippen LogP contribution in [-0.4, -0.2) is 29.9 Å². The predicted octanol–water partition coefficient (Wildman–Crippen LogP) is 3.17. The Morgan fingerprint density at radius 3 is 2.58 bits per heavy atom. The lowest BCUT2D eigenvalue weighted by atomic mass is 10.1. The van der Waals surface area contributed by atoms with Crippen LogP contribution in [0.3, 0.4) is 0 Å². The molecule has 0 saturated heterocycles. The molecule has 1 aromatic heterocycles. The molecule has 0 aliphatic heterocycles. The molecule has 26 heavy (non-hydrogen) atoms. The van der Waals surface area contributed by atoms with Gasteiger partial charge in [-0.1, -0.05) is 30.3 Å². The molecule has 7 heteroatoms. The number of rotatable bonds is 6. The van der Waals surface area contributed by atoms with Crippen molar-refractivity contribution in [2.45, 2.75) is 31.7 Å². The molecule has 0 saturated carbocycles. The van der Waals surface area contributed by atoms with Crippen LogP contribution in [0.25, 0.3) is 10.8 Å². The van der Waals surface area contributed by atoms with Gasteiger partial charge in [-0.25, -0.2) is 8.42 Å². The summed E-state index contributed by atoms with van der Waals surface area (Å²) in [5, 5.41) is 8.73. The molecule has 0 radical (unpaired) electrons. The van der Waals surface area contributed by atoms with Crippen LogP contribution in [0.1, 0.15) is 19.0 Å². The molecule has 0 aliphatic rings. The number of aromatic nitrogens is 2. The molecule has 1 N–H and O–H groups in total. The predicted molar refractivity (Wildman–Crippen MR) is 102 cm³/mol. The topological polar surface area (TPSA) is 81.1 Å². The standard InChI is InChI=1S/C19H21N3O3S/c1-3-22-14(2)18(13-20-22)21-19(23)10-11-26(24,25)17-9-8-15-6-4-5-7-16(15)12-17/h4-9,12-13H,3,10-11H2,1-2H3,(H,21,23).